The van der Waals surface area contributed by atoms with Crippen LogP contribution in [0.2, 0.25) is 0 Å². The van der Waals surface area contributed by atoms with Gasteiger partial charge in [-0.1, -0.05) is 26.8 Å². The molecule has 0 radical (unpaired) electrons. The van der Waals surface area contributed by atoms with Crippen LogP contribution in [-0.2, 0) is 11.3 Å². The minimum absolute atomic E-state index is 0.0419. The van der Waals surface area contributed by atoms with E-state index in [1.165, 1.54) is 11.3 Å². The number of hydrogen-bond acceptors (Lipinski definition) is 4. The van der Waals surface area contributed by atoms with Crippen LogP contribution >= 0.6 is 11.3 Å². The van der Waals surface area contributed by atoms with Gasteiger partial charge in [0, 0.05) is 31.1 Å². The van der Waals surface area contributed by atoms with Gasteiger partial charge >= 0.3 is 0 Å². The molecule has 1 aliphatic rings. The molecule has 5 heteroatoms. The monoisotopic (exact) mass is 337 g/mol. The van der Waals surface area contributed by atoms with E-state index in [4.69, 9.17) is 0 Å². The maximum atomic E-state index is 12.3. The molecule has 0 aromatic carbocycles. The van der Waals surface area contributed by atoms with Crippen LogP contribution in [0, 0.1) is 5.41 Å². The molecule has 1 aliphatic heterocycles. The molecule has 4 nitrogen and oxygen atoms in total. The van der Waals surface area contributed by atoms with E-state index in [0.29, 0.717) is 12.0 Å². The second kappa shape index (κ2) is 8.27. The van der Waals surface area contributed by atoms with Crippen molar-refractivity contribution in [3.05, 3.63) is 22.4 Å². The highest BCUT2D eigenvalue weighted by atomic mass is 32.1. The zero-order valence-corrected chi connectivity index (χ0v) is 15.8. The fourth-order valence-corrected chi connectivity index (χ4v) is 3.41. The lowest BCUT2D eigenvalue weighted by molar-refractivity contribution is -0.126. The normalized spacial score (nSPS) is 18.8. The van der Waals surface area contributed by atoms with Crippen molar-refractivity contribution in [3.63, 3.8) is 0 Å². The summed E-state index contributed by atoms with van der Waals surface area (Å²) in [5.74, 6) is 0.140. The molecule has 2 heterocycles. The van der Waals surface area contributed by atoms with Crippen LogP contribution in [0.5, 0.6) is 0 Å². The van der Waals surface area contributed by atoms with E-state index in [1.54, 1.807) is 11.3 Å². The van der Waals surface area contributed by atoms with E-state index in [0.717, 1.165) is 32.7 Å². The number of rotatable bonds is 6. The van der Waals surface area contributed by atoms with E-state index in [9.17, 15) is 4.79 Å². The largest absolute Gasteiger partial charge is 0.350 e. The number of nitrogens with one attached hydrogen (secondary N) is 1. The Morgan fingerprint density at radius 2 is 2.00 bits per heavy atom. The summed E-state index contributed by atoms with van der Waals surface area (Å²) in [6.45, 7) is 14.8. The molecule has 1 fully saturated rings. The number of amides is 1. The molecular formula is C18H31N3OS. The van der Waals surface area contributed by atoms with E-state index in [1.807, 2.05) is 18.4 Å². The zero-order chi connectivity index (χ0) is 16.9. The summed E-state index contributed by atoms with van der Waals surface area (Å²) in [5.41, 5.74) is 0.395. The number of carbonyl (C=O) groups is 1. The fraction of sp³-hybridized carbons (Fsp3) is 0.722. The van der Waals surface area contributed by atoms with Gasteiger partial charge in [-0.05, 0) is 36.8 Å². The molecule has 1 atom stereocenters. The van der Waals surface area contributed by atoms with Crippen LogP contribution < -0.4 is 5.32 Å². The molecule has 23 heavy (non-hydrogen) atoms. The Balaban J connectivity index is 1.70. The van der Waals surface area contributed by atoms with Crippen LogP contribution in [0.15, 0.2) is 17.5 Å². The molecule has 0 saturated carbocycles. The van der Waals surface area contributed by atoms with Gasteiger partial charge in [0.15, 0.2) is 0 Å². The van der Waals surface area contributed by atoms with Crippen molar-refractivity contribution < 1.29 is 4.79 Å². The average molecular weight is 338 g/mol. The van der Waals surface area contributed by atoms with Gasteiger partial charge in [-0.25, -0.2) is 0 Å². The molecule has 1 N–H and O–H groups in total. The van der Waals surface area contributed by atoms with Gasteiger partial charge in [0.25, 0.3) is 0 Å². The lowest BCUT2D eigenvalue weighted by atomic mass is 9.92. The zero-order valence-electron chi connectivity index (χ0n) is 15.0. The summed E-state index contributed by atoms with van der Waals surface area (Å²) >= 11 is 1.68. The molecular weight excluding hydrogens is 306 g/mol. The van der Waals surface area contributed by atoms with Crippen molar-refractivity contribution in [1.82, 2.24) is 15.1 Å². The molecule has 1 aromatic rings. The minimum atomic E-state index is -0.0419. The lowest BCUT2D eigenvalue weighted by Gasteiger charge is -2.38. The van der Waals surface area contributed by atoms with Gasteiger partial charge in [0.1, 0.15) is 0 Å². The van der Waals surface area contributed by atoms with Crippen LogP contribution in [0.4, 0.5) is 0 Å². The van der Waals surface area contributed by atoms with Gasteiger partial charge in [0.2, 0.25) is 5.91 Å². The standard InChI is InChI=1S/C18H31N3OS/c1-15(17(22)19-14-16-6-5-13-23-16)21-11-9-20(10-12-21)8-7-18(2,3)4/h5-6,13,15H,7-12,14H2,1-4H3,(H,19,22). The third kappa shape index (κ3) is 6.24. The molecule has 0 bridgehead atoms. The highest BCUT2D eigenvalue weighted by Gasteiger charge is 2.25. The fourth-order valence-electron chi connectivity index (χ4n) is 2.77. The number of hydrogen-bond donors (Lipinski definition) is 1. The third-order valence-electron chi connectivity index (χ3n) is 4.53. The van der Waals surface area contributed by atoms with Gasteiger partial charge in [-0.3, -0.25) is 9.69 Å². The smallest absolute Gasteiger partial charge is 0.237 e. The number of piperazine rings is 1. The van der Waals surface area contributed by atoms with Crippen LogP contribution in [0.3, 0.4) is 0 Å². The second-order valence-corrected chi connectivity index (χ2v) is 8.69. The molecule has 1 aromatic heterocycles. The summed E-state index contributed by atoms with van der Waals surface area (Å²) in [7, 11) is 0. The van der Waals surface area contributed by atoms with Gasteiger partial charge in [0.05, 0.1) is 12.6 Å². The summed E-state index contributed by atoms with van der Waals surface area (Å²) < 4.78 is 0. The third-order valence-corrected chi connectivity index (χ3v) is 5.41. The van der Waals surface area contributed by atoms with Gasteiger partial charge in [-0.2, -0.15) is 0 Å². The lowest BCUT2D eigenvalue weighted by Crippen LogP contribution is -2.54. The predicted molar refractivity (Wildman–Crippen MR) is 97.7 cm³/mol. The van der Waals surface area contributed by atoms with Gasteiger partial charge in [-0.15, -0.1) is 11.3 Å². The summed E-state index contributed by atoms with van der Waals surface area (Å²) in [6, 6.07) is 4.04. The Hall–Kier alpha value is -0.910. The van der Waals surface area contributed by atoms with Crippen molar-refractivity contribution in [3.8, 4) is 0 Å². The van der Waals surface area contributed by atoms with Crippen LogP contribution in [-0.4, -0.2) is 54.5 Å². The van der Waals surface area contributed by atoms with E-state index >= 15 is 0 Å². The van der Waals surface area contributed by atoms with Crippen LogP contribution in [0.1, 0.15) is 39.0 Å². The Labute approximate surface area is 144 Å². The molecule has 130 valence electrons. The Morgan fingerprint density at radius 3 is 2.57 bits per heavy atom. The summed E-state index contributed by atoms with van der Waals surface area (Å²) in [6.07, 6.45) is 1.23. The molecule has 2 rings (SSSR count). The van der Waals surface area contributed by atoms with Crippen LogP contribution in [0.25, 0.3) is 0 Å². The first-order valence-electron chi connectivity index (χ1n) is 8.62. The van der Waals surface area contributed by atoms with Gasteiger partial charge < -0.3 is 10.2 Å². The van der Waals surface area contributed by atoms with Crippen molar-refractivity contribution in [2.24, 2.45) is 5.41 Å². The highest BCUT2D eigenvalue weighted by Crippen LogP contribution is 2.19. The molecule has 0 spiro atoms. The maximum Gasteiger partial charge on any atom is 0.237 e. The number of carbonyl (C=O) groups excluding carboxylic acids is 1. The summed E-state index contributed by atoms with van der Waals surface area (Å²) in [4.78, 5) is 18.3. The minimum Gasteiger partial charge on any atom is -0.350 e. The number of nitrogens with zero attached hydrogens (tertiary/aromatic N) is 2. The predicted octanol–water partition coefficient (Wildman–Crippen LogP) is 2.81. The Bertz CT molecular complexity index is 473. The second-order valence-electron chi connectivity index (χ2n) is 7.66. The topological polar surface area (TPSA) is 35.6 Å². The van der Waals surface area contributed by atoms with E-state index in [-0.39, 0.29) is 11.9 Å². The first-order chi connectivity index (χ1) is 10.8. The number of thiophene rings is 1. The summed E-state index contributed by atoms with van der Waals surface area (Å²) in [5, 5.41) is 5.10. The molecule has 1 unspecified atom stereocenters. The highest BCUT2D eigenvalue weighted by molar-refractivity contribution is 7.09. The Morgan fingerprint density at radius 1 is 1.30 bits per heavy atom. The van der Waals surface area contributed by atoms with Crippen molar-refractivity contribution in [1.29, 1.82) is 0 Å². The van der Waals surface area contributed by atoms with Crippen molar-refractivity contribution in [2.45, 2.75) is 46.7 Å². The maximum absolute atomic E-state index is 12.3. The average Bonchev–Trinajstić information content (AvgIpc) is 3.03. The van der Waals surface area contributed by atoms with Crippen molar-refractivity contribution in [2.75, 3.05) is 32.7 Å². The molecule has 1 saturated heterocycles. The quantitative estimate of drug-likeness (QED) is 0.867. The SMILES string of the molecule is CC(C(=O)NCc1cccs1)N1CCN(CCC(C)(C)C)CC1. The Kier molecular flexibility index (Phi) is 6.62. The molecule has 1 amide bonds. The first kappa shape index (κ1) is 18.4. The molecule has 0 aliphatic carbocycles. The van der Waals surface area contributed by atoms with Crippen molar-refractivity contribution >= 4 is 17.2 Å². The first-order valence-corrected chi connectivity index (χ1v) is 9.49. The van der Waals surface area contributed by atoms with E-state index < -0.39 is 0 Å². The van der Waals surface area contributed by atoms with E-state index in [2.05, 4.69) is 42.0 Å².